The van der Waals surface area contributed by atoms with Crippen molar-refractivity contribution in [3.8, 4) is 5.75 Å². The number of nitrogens with zero attached hydrogens (tertiary/aromatic N) is 1. The van der Waals surface area contributed by atoms with E-state index in [0.717, 1.165) is 22.7 Å². The Hall–Kier alpha value is -1.76. The third kappa shape index (κ3) is 5.40. The molecule has 1 aliphatic rings. The fourth-order valence-corrected chi connectivity index (χ4v) is 2.81. The summed E-state index contributed by atoms with van der Waals surface area (Å²) in [7, 11) is 0. The van der Waals surface area contributed by atoms with Gasteiger partial charge in [-0.15, -0.1) is 0 Å². The average molecular weight is 344 g/mol. The summed E-state index contributed by atoms with van der Waals surface area (Å²) in [5.74, 6) is 0.446. The number of carbonyl (C=O) groups excluding carboxylic acids is 1. The lowest BCUT2D eigenvalue weighted by Crippen LogP contribution is -2.49. The highest BCUT2D eigenvalue weighted by Crippen LogP contribution is 2.29. The van der Waals surface area contributed by atoms with Gasteiger partial charge in [0.05, 0.1) is 6.61 Å². The second-order valence-corrected chi connectivity index (χ2v) is 5.86. The first kappa shape index (κ1) is 18.6. The van der Waals surface area contributed by atoms with Crippen LogP contribution in [0.1, 0.15) is 38.2 Å². The predicted molar refractivity (Wildman–Crippen MR) is 84.5 cm³/mol. The van der Waals surface area contributed by atoms with E-state index in [4.69, 9.17) is 4.74 Å². The Morgan fingerprint density at radius 1 is 1.25 bits per heavy atom. The first-order valence-electron chi connectivity index (χ1n) is 8.24. The minimum Gasteiger partial charge on any atom is -0.494 e. The van der Waals surface area contributed by atoms with Crippen LogP contribution in [0.2, 0.25) is 0 Å². The van der Waals surface area contributed by atoms with Gasteiger partial charge in [0.2, 0.25) is 5.91 Å². The number of ether oxygens (including phenoxy) is 1. The van der Waals surface area contributed by atoms with Crippen LogP contribution in [0.4, 0.5) is 13.2 Å². The summed E-state index contributed by atoms with van der Waals surface area (Å²) in [6.45, 7) is 2.63. The standard InChI is InChI=1S/C17H23F3N2O2/c1-2-24-14-9-7-13(8-10-14)5-3-4-6-15(17(18,19)20)22-12-11-16(23)21-22/h7-10,15H,2-6,11-12H2,1H3,(H,21,23)/t15-/m0/s1. The number of halogens is 3. The van der Waals surface area contributed by atoms with Crippen molar-refractivity contribution in [2.75, 3.05) is 13.2 Å². The van der Waals surface area contributed by atoms with Crippen molar-refractivity contribution < 1.29 is 22.7 Å². The van der Waals surface area contributed by atoms with Gasteiger partial charge >= 0.3 is 6.18 Å². The summed E-state index contributed by atoms with van der Waals surface area (Å²) < 4.78 is 44.8. The Balaban J connectivity index is 1.79. The molecule has 0 radical (unpaired) electrons. The van der Waals surface area contributed by atoms with Gasteiger partial charge in [-0.2, -0.15) is 13.2 Å². The molecule has 4 nitrogen and oxygen atoms in total. The highest BCUT2D eigenvalue weighted by atomic mass is 19.4. The van der Waals surface area contributed by atoms with Gasteiger partial charge in [0.25, 0.3) is 0 Å². The lowest BCUT2D eigenvalue weighted by Gasteiger charge is -2.28. The molecule has 1 fully saturated rings. The van der Waals surface area contributed by atoms with Crippen molar-refractivity contribution in [2.45, 2.75) is 51.2 Å². The molecular weight excluding hydrogens is 321 g/mol. The topological polar surface area (TPSA) is 41.6 Å². The number of hydrazine groups is 1. The smallest absolute Gasteiger partial charge is 0.405 e. The zero-order valence-corrected chi connectivity index (χ0v) is 13.7. The fraction of sp³-hybridized carbons (Fsp3) is 0.588. The molecule has 7 heteroatoms. The maximum Gasteiger partial charge on any atom is 0.405 e. The maximum atomic E-state index is 13.2. The first-order chi connectivity index (χ1) is 11.4. The summed E-state index contributed by atoms with van der Waals surface area (Å²) in [5, 5.41) is 1.03. The molecule has 0 saturated carbocycles. The molecule has 1 amide bonds. The molecule has 0 aliphatic carbocycles. The molecule has 0 spiro atoms. The molecular formula is C17H23F3N2O2. The van der Waals surface area contributed by atoms with E-state index in [9.17, 15) is 18.0 Å². The number of amides is 1. The van der Waals surface area contributed by atoms with Gasteiger partial charge in [-0.25, -0.2) is 5.01 Å². The van der Waals surface area contributed by atoms with Gasteiger partial charge in [-0.05, 0) is 43.9 Å². The van der Waals surface area contributed by atoms with E-state index in [1.807, 2.05) is 31.2 Å². The Morgan fingerprint density at radius 2 is 1.96 bits per heavy atom. The average Bonchev–Trinajstić information content (AvgIpc) is 2.94. The molecule has 1 atom stereocenters. The second kappa shape index (κ2) is 8.37. The number of hydrogen-bond acceptors (Lipinski definition) is 3. The van der Waals surface area contributed by atoms with Crippen molar-refractivity contribution in [2.24, 2.45) is 0 Å². The molecule has 24 heavy (non-hydrogen) atoms. The van der Waals surface area contributed by atoms with Crippen LogP contribution in [0, 0.1) is 0 Å². The molecule has 2 rings (SSSR count). The van der Waals surface area contributed by atoms with Crippen LogP contribution < -0.4 is 10.2 Å². The van der Waals surface area contributed by atoms with E-state index in [1.54, 1.807) is 0 Å². The fourth-order valence-electron chi connectivity index (χ4n) is 2.81. The number of rotatable bonds is 8. The summed E-state index contributed by atoms with van der Waals surface area (Å²) in [4.78, 5) is 11.1. The zero-order valence-electron chi connectivity index (χ0n) is 13.7. The highest BCUT2D eigenvalue weighted by Gasteiger charge is 2.45. The van der Waals surface area contributed by atoms with Gasteiger partial charge in [0.1, 0.15) is 11.8 Å². The monoisotopic (exact) mass is 344 g/mol. The Kier molecular flexibility index (Phi) is 6.48. The maximum absolute atomic E-state index is 13.2. The van der Waals surface area contributed by atoms with Crippen molar-refractivity contribution >= 4 is 5.91 Å². The van der Waals surface area contributed by atoms with Crippen LogP contribution in [0.15, 0.2) is 24.3 Å². The molecule has 1 N–H and O–H groups in total. The van der Waals surface area contributed by atoms with Crippen LogP contribution in [-0.2, 0) is 11.2 Å². The van der Waals surface area contributed by atoms with Gasteiger partial charge in [0, 0.05) is 13.0 Å². The summed E-state index contributed by atoms with van der Waals surface area (Å²) in [6.07, 6.45) is -2.38. The van der Waals surface area contributed by atoms with Gasteiger partial charge < -0.3 is 4.74 Å². The number of carbonyl (C=O) groups is 1. The number of benzene rings is 1. The minimum absolute atomic E-state index is 0.0131. The molecule has 1 aromatic carbocycles. The van der Waals surface area contributed by atoms with Crippen LogP contribution in [0.3, 0.4) is 0 Å². The lowest BCUT2D eigenvalue weighted by molar-refractivity contribution is -0.190. The van der Waals surface area contributed by atoms with Gasteiger partial charge in [-0.3, -0.25) is 10.2 Å². The van der Waals surface area contributed by atoms with E-state index in [-0.39, 0.29) is 25.3 Å². The van der Waals surface area contributed by atoms with Gasteiger partial charge in [0.15, 0.2) is 0 Å². The Labute approximate surface area is 139 Å². The Morgan fingerprint density at radius 3 is 2.50 bits per heavy atom. The number of unbranched alkanes of at least 4 members (excludes halogenated alkanes) is 1. The molecule has 1 heterocycles. The quantitative estimate of drug-likeness (QED) is 0.734. The first-order valence-corrected chi connectivity index (χ1v) is 8.24. The number of nitrogens with one attached hydrogen (secondary N) is 1. The van der Waals surface area contributed by atoms with Crippen LogP contribution in [0.5, 0.6) is 5.75 Å². The van der Waals surface area contributed by atoms with Gasteiger partial charge in [-0.1, -0.05) is 18.6 Å². The molecule has 0 aromatic heterocycles. The molecule has 134 valence electrons. The van der Waals surface area contributed by atoms with Crippen molar-refractivity contribution in [1.29, 1.82) is 0 Å². The van der Waals surface area contributed by atoms with E-state index in [0.29, 0.717) is 19.4 Å². The third-order valence-corrected chi connectivity index (χ3v) is 4.03. The normalized spacial score (nSPS) is 16.9. The molecule has 0 bridgehead atoms. The van der Waals surface area contributed by atoms with E-state index < -0.39 is 12.2 Å². The third-order valence-electron chi connectivity index (χ3n) is 4.03. The lowest BCUT2D eigenvalue weighted by atomic mass is 10.0. The number of alkyl halides is 3. The summed E-state index contributed by atoms with van der Waals surface area (Å²) in [5.41, 5.74) is 3.38. The SMILES string of the molecule is CCOc1ccc(CCCC[C@H](N2CCC(=O)N2)C(F)(F)F)cc1. The molecule has 1 aromatic rings. The van der Waals surface area contributed by atoms with E-state index in [1.165, 1.54) is 0 Å². The zero-order chi connectivity index (χ0) is 17.6. The van der Waals surface area contributed by atoms with Crippen LogP contribution in [0.25, 0.3) is 0 Å². The van der Waals surface area contributed by atoms with Crippen molar-refractivity contribution in [1.82, 2.24) is 10.4 Å². The van der Waals surface area contributed by atoms with Crippen molar-refractivity contribution in [3.05, 3.63) is 29.8 Å². The Bertz CT molecular complexity index is 532. The predicted octanol–water partition coefficient (Wildman–Crippen LogP) is 3.47. The molecule has 1 aliphatic heterocycles. The minimum atomic E-state index is -4.34. The van der Waals surface area contributed by atoms with E-state index in [2.05, 4.69) is 5.43 Å². The van der Waals surface area contributed by atoms with Crippen LogP contribution >= 0.6 is 0 Å². The van der Waals surface area contributed by atoms with E-state index >= 15 is 0 Å². The van der Waals surface area contributed by atoms with Crippen molar-refractivity contribution in [3.63, 3.8) is 0 Å². The number of aryl methyl sites for hydroxylation is 1. The highest BCUT2D eigenvalue weighted by molar-refractivity contribution is 5.77. The largest absolute Gasteiger partial charge is 0.494 e. The molecule has 1 saturated heterocycles. The summed E-state index contributed by atoms with van der Waals surface area (Å²) >= 11 is 0. The molecule has 0 unspecified atom stereocenters. The summed E-state index contributed by atoms with van der Waals surface area (Å²) in [6, 6.07) is 6.01. The number of hydrogen-bond donors (Lipinski definition) is 1. The second-order valence-electron chi connectivity index (χ2n) is 5.86. The van der Waals surface area contributed by atoms with Crippen LogP contribution in [-0.4, -0.2) is 36.3 Å².